The largest absolute Gasteiger partial charge is 0.550 e. The molecule has 1 heterocycles. The number of hydrazone groups is 1. The van der Waals surface area contributed by atoms with Crippen molar-refractivity contribution in [2.45, 2.75) is 26.7 Å². The number of hydrogen-bond donors (Lipinski definition) is 2. The van der Waals surface area contributed by atoms with Gasteiger partial charge in [-0.15, -0.1) is 0 Å². The third-order valence-corrected chi connectivity index (χ3v) is 3.41. The van der Waals surface area contributed by atoms with Gasteiger partial charge in [0.15, 0.2) is 0 Å². The smallest absolute Gasteiger partial charge is 0.275 e. The Morgan fingerprint density at radius 1 is 1.29 bits per heavy atom. The standard InChI is InChI=1S/C17H18N2O5/c1-10(14-9-12(24-11(14)2)7-8-16(21)22)18-19-17(23)13-5-3-4-6-15(13)20/h3-6,9,20H,7-8H2,1-2H3,(H,19,23)(H,21,22)/p-1/b18-10-. The molecule has 0 fully saturated rings. The molecule has 7 heteroatoms. The van der Waals surface area contributed by atoms with Crippen LogP contribution < -0.4 is 10.5 Å². The van der Waals surface area contributed by atoms with Crippen molar-refractivity contribution in [1.29, 1.82) is 0 Å². The first-order valence-corrected chi connectivity index (χ1v) is 7.30. The van der Waals surface area contributed by atoms with E-state index in [4.69, 9.17) is 4.42 Å². The first-order valence-electron chi connectivity index (χ1n) is 7.30. The van der Waals surface area contributed by atoms with E-state index in [0.717, 1.165) is 0 Å². The zero-order valence-corrected chi connectivity index (χ0v) is 13.3. The normalized spacial score (nSPS) is 11.3. The zero-order chi connectivity index (χ0) is 17.7. The molecule has 0 saturated carbocycles. The lowest BCUT2D eigenvalue weighted by atomic mass is 10.1. The molecule has 0 bridgehead atoms. The minimum Gasteiger partial charge on any atom is -0.550 e. The summed E-state index contributed by atoms with van der Waals surface area (Å²) in [5, 5.41) is 24.1. The lowest BCUT2D eigenvalue weighted by Gasteiger charge is -2.03. The first-order chi connectivity index (χ1) is 11.4. The number of carboxylic acids is 1. The summed E-state index contributed by atoms with van der Waals surface area (Å²) in [7, 11) is 0. The molecular weight excluding hydrogens is 312 g/mol. The average molecular weight is 329 g/mol. The van der Waals surface area contributed by atoms with Crippen LogP contribution in [0.1, 0.15) is 40.8 Å². The molecule has 2 rings (SSSR count). The van der Waals surface area contributed by atoms with Crippen LogP contribution in [0.5, 0.6) is 5.75 Å². The van der Waals surface area contributed by atoms with Crippen molar-refractivity contribution in [3.63, 3.8) is 0 Å². The van der Waals surface area contributed by atoms with Crippen LogP contribution >= 0.6 is 0 Å². The van der Waals surface area contributed by atoms with Crippen LogP contribution in [0.25, 0.3) is 0 Å². The number of para-hydroxylation sites is 1. The second-order valence-electron chi connectivity index (χ2n) is 5.21. The number of phenols is 1. The molecule has 1 aromatic carbocycles. The summed E-state index contributed by atoms with van der Waals surface area (Å²) in [6.45, 7) is 3.41. The number of carboxylic acid groups (broad SMARTS) is 1. The Morgan fingerprint density at radius 3 is 2.67 bits per heavy atom. The Morgan fingerprint density at radius 2 is 2.00 bits per heavy atom. The second-order valence-corrected chi connectivity index (χ2v) is 5.21. The van der Waals surface area contributed by atoms with E-state index in [-0.39, 0.29) is 24.2 Å². The van der Waals surface area contributed by atoms with Gasteiger partial charge in [-0.1, -0.05) is 12.1 Å². The zero-order valence-electron chi connectivity index (χ0n) is 13.3. The maximum atomic E-state index is 12.0. The number of nitrogens with one attached hydrogen (secondary N) is 1. The summed E-state index contributed by atoms with van der Waals surface area (Å²) in [6.07, 6.45) is 0.0906. The van der Waals surface area contributed by atoms with Gasteiger partial charge >= 0.3 is 0 Å². The van der Waals surface area contributed by atoms with Crippen LogP contribution in [-0.2, 0) is 11.2 Å². The fraction of sp³-hybridized carbons (Fsp3) is 0.235. The summed E-state index contributed by atoms with van der Waals surface area (Å²) in [4.78, 5) is 22.5. The molecule has 126 valence electrons. The fourth-order valence-corrected chi connectivity index (χ4v) is 2.17. The number of hydrogen-bond acceptors (Lipinski definition) is 6. The summed E-state index contributed by atoms with van der Waals surface area (Å²) >= 11 is 0. The molecule has 0 aliphatic rings. The van der Waals surface area contributed by atoms with Crippen LogP contribution in [-0.4, -0.2) is 22.7 Å². The second kappa shape index (κ2) is 7.45. The number of carbonyl (C=O) groups excluding carboxylic acids is 2. The number of aryl methyl sites for hydroxylation is 2. The van der Waals surface area contributed by atoms with Crippen LogP contribution in [0.2, 0.25) is 0 Å². The number of phenolic OH excluding ortho intramolecular Hbond substituents is 1. The highest BCUT2D eigenvalue weighted by Gasteiger charge is 2.12. The molecule has 0 saturated heterocycles. The summed E-state index contributed by atoms with van der Waals surface area (Å²) < 4.78 is 5.47. The number of rotatable bonds is 6. The Kier molecular flexibility index (Phi) is 5.36. The molecule has 0 spiro atoms. The maximum Gasteiger partial charge on any atom is 0.275 e. The SMILES string of the molecule is C/C(=N/NC(=O)c1ccccc1O)c1cc(CCC(=O)[O-])oc1C. The minimum atomic E-state index is -1.15. The third-order valence-electron chi connectivity index (χ3n) is 3.41. The molecule has 0 aliphatic heterocycles. The van der Waals surface area contributed by atoms with Crippen molar-refractivity contribution in [3.05, 3.63) is 53.0 Å². The lowest BCUT2D eigenvalue weighted by Crippen LogP contribution is -2.22. The van der Waals surface area contributed by atoms with Crippen LogP contribution in [0.3, 0.4) is 0 Å². The van der Waals surface area contributed by atoms with Gasteiger partial charge < -0.3 is 19.4 Å². The van der Waals surface area contributed by atoms with Gasteiger partial charge in [0.25, 0.3) is 5.91 Å². The summed E-state index contributed by atoms with van der Waals surface area (Å²) in [5.41, 5.74) is 3.65. The molecule has 0 atom stereocenters. The van der Waals surface area contributed by atoms with Gasteiger partial charge in [0, 0.05) is 18.0 Å². The van der Waals surface area contributed by atoms with E-state index in [0.29, 0.717) is 22.8 Å². The summed E-state index contributed by atoms with van der Waals surface area (Å²) in [6, 6.07) is 7.83. The predicted octanol–water partition coefficient (Wildman–Crippen LogP) is 1.13. The Bertz CT molecular complexity index is 792. The van der Waals surface area contributed by atoms with E-state index in [1.807, 2.05) is 0 Å². The minimum absolute atomic E-state index is 0.118. The first kappa shape index (κ1) is 17.3. The summed E-state index contributed by atoms with van der Waals surface area (Å²) in [5.74, 6) is -0.738. The van der Waals surface area contributed by atoms with Gasteiger partial charge in [-0.05, 0) is 38.5 Å². The van der Waals surface area contributed by atoms with Crippen molar-refractivity contribution in [2.24, 2.45) is 5.10 Å². The van der Waals surface area contributed by atoms with E-state index in [1.54, 1.807) is 32.0 Å². The van der Waals surface area contributed by atoms with Crippen LogP contribution in [0.4, 0.5) is 0 Å². The number of nitrogens with zero attached hydrogens (tertiary/aromatic N) is 1. The van der Waals surface area contributed by atoms with Gasteiger partial charge in [-0.2, -0.15) is 5.10 Å². The highest BCUT2D eigenvalue weighted by Crippen LogP contribution is 2.18. The quantitative estimate of drug-likeness (QED) is 0.609. The number of carbonyl (C=O) groups is 2. The molecule has 2 aromatic rings. The fourth-order valence-electron chi connectivity index (χ4n) is 2.17. The van der Waals surface area contributed by atoms with Crippen LogP contribution in [0, 0.1) is 6.92 Å². The number of amides is 1. The number of aromatic hydroxyl groups is 1. The monoisotopic (exact) mass is 329 g/mol. The third kappa shape index (κ3) is 4.22. The molecule has 0 unspecified atom stereocenters. The van der Waals surface area contributed by atoms with Gasteiger partial charge in [0.05, 0.1) is 11.3 Å². The van der Waals surface area contributed by atoms with Crippen LogP contribution in [0.15, 0.2) is 39.9 Å². The number of furan rings is 1. The predicted molar refractivity (Wildman–Crippen MR) is 84.6 cm³/mol. The number of benzene rings is 1. The van der Waals surface area contributed by atoms with Crippen molar-refractivity contribution < 1.29 is 24.2 Å². The van der Waals surface area contributed by atoms with Gasteiger partial charge in [0.2, 0.25) is 0 Å². The Hall–Kier alpha value is -3.09. The van der Waals surface area contributed by atoms with E-state index in [9.17, 15) is 19.8 Å². The van der Waals surface area contributed by atoms with Gasteiger partial charge in [-0.25, -0.2) is 5.43 Å². The van der Waals surface area contributed by atoms with E-state index in [2.05, 4.69) is 10.5 Å². The Balaban J connectivity index is 2.09. The molecule has 24 heavy (non-hydrogen) atoms. The maximum absolute atomic E-state index is 12.0. The molecule has 1 aromatic heterocycles. The van der Waals surface area contributed by atoms with Gasteiger partial charge in [0.1, 0.15) is 17.3 Å². The lowest BCUT2D eigenvalue weighted by molar-refractivity contribution is -0.305. The molecule has 2 N–H and O–H groups in total. The molecule has 0 radical (unpaired) electrons. The van der Waals surface area contributed by atoms with Gasteiger partial charge in [-0.3, -0.25) is 4.79 Å². The number of aliphatic carboxylic acids is 1. The molecule has 0 aliphatic carbocycles. The topological polar surface area (TPSA) is 115 Å². The van der Waals surface area contributed by atoms with Crippen molar-refractivity contribution in [1.82, 2.24) is 5.43 Å². The van der Waals surface area contributed by atoms with E-state index >= 15 is 0 Å². The van der Waals surface area contributed by atoms with Crippen molar-refractivity contribution >= 4 is 17.6 Å². The van der Waals surface area contributed by atoms with E-state index in [1.165, 1.54) is 12.1 Å². The highest BCUT2D eigenvalue weighted by molar-refractivity contribution is 6.02. The van der Waals surface area contributed by atoms with Crippen molar-refractivity contribution in [2.75, 3.05) is 0 Å². The van der Waals surface area contributed by atoms with Crippen molar-refractivity contribution in [3.8, 4) is 5.75 Å². The highest BCUT2D eigenvalue weighted by atomic mass is 16.4. The Labute approximate surface area is 138 Å². The molecule has 7 nitrogen and oxygen atoms in total. The van der Waals surface area contributed by atoms with E-state index < -0.39 is 11.9 Å². The molecule has 1 amide bonds. The molecular formula is C17H17N2O5-. The average Bonchev–Trinajstić information content (AvgIpc) is 2.92.